The molecule has 24 heavy (non-hydrogen) atoms. The second-order valence-corrected chi connectivity index (χ2v) is 6.97. The van der Waals surface area contributed by atoms with Crippen LogP contribution >= 0.6 is 11.6 Å². The first-order valence-electron chi connectivity index (χ1n) is 8.63. The number of halogens is 1. The molecular formula is C19H24ClN3O. The van der Waals surface area contributed by atoms with Gasteiger partial charge in [0.25, 0.3) is 0 Å². The third kappa shape index (κ3) is 4.18. The molecule has 1 aliphatic rings. The van der Waals surface area contributed by atoms with Crippen LogP contribution in [0.25, 0.3) is 0 Å². The van der Waals surface area contributed by atoms with E-state index in [9.17, 15) is 4.79 Å². The number of nitrogens with zero attached hydrogens (tertiary/aromatic N) is 3. The number of imidazole rings is 1. The number of aromatic nitrogens is 2. The van der Waals surface area contributed by atoms with Gasteiger partial charge < -0.3 is 9.47 Å². The first kappa shape index (κ1) is 17.0. The summed E-state index contributed by atoms with van der Waals surface area (Å²) in [6, 6.07) is 7.87. The molecule has 1 amide bonds. The minimum atomic E-state index is 0.280. The highest BCUT2D eigenvalue weighted by Crippen LogP contribution is 2.26. The lowest BCUT2D eigenvalue weighted by Gasteiger charge is -2.31. The molecule has 2 heterocycles. The fourth-order valence-corrected chi connectivity index (χ4v) is 3.54. The zero-order valence-corrected chi connectivity index (χ0v) is 14.9. The number of likely N-dealkylation sites (tertiary alicyclic amines) is 1. The van der Waals surface area contributed by atoms with E-state index in [2.05, 4.69) is 9.55 Å². The average molecular weight is 346 g/mol. The molecule has 0 radical (unpaired) electrons. The van der Waals surface area contributed by atoms with Crippen molar-refractivity contribution in [3.05, 3.63) is 53.1 Å². The smallest absolute Gasteiger partial charge is 0.222 e. The molecule has 1 aromatic heterocycles. The van der Waals surface area contributed by atoms with Crippen molar-refractivity contribution in [2.24, 2.45) is 7.05 Å². The maximum atomic E-state index is 12.4. The van der Waals surface area contributed by atoms with Gasteiger partial charge in [-0.25, -0.2) is 4.98 Å². The Hall–Kier alpha value is -1.81. The fraction of sp³-hybridized carbons (Fsp3) is 0.474. The number of amides is 1. The standard InChI is InChI=1S/C19H24ClN3O/c1-22-14-11-21-19(22)16-9-12-23(13-10-16)18(24)4-2-3-15-5-7-17(20)8-6-15/h5-8,11,14,16H,2-4,9-10,12-13H2,1H3. The SMILES string of the molecule is Cn1ccnc1C1CCN(C(=O)CCCc2ccc(Cl)cc2)CC1. The molecule has 2 aromatic rings. The summed E-state index contributed by atoms with van der Waals surface area (Å²) in [5.74, 6) is 1.90. The van der Waals surface area contributed by atoms with Gasteiger partial charge in [0.05, 0.1) is 0 Å². The van der Waals surface area contributed by atoms with Gasteiger partial charge in [-0.2, -0.15) is 0 Å². The third-order valence-electron chi connectivity index (χ3n) is 4.84. The van der Waals surface area contributed by atoms with Crippen LogP contribution in [0.3, 0.4) is 0 Å². The summed E-state index contributed by atoms with van der Waals surface area (Å²) in [5.41, 5.74) is 1.24. The van der Waals surface area contributed by atoms with E-state index < -0.39 is 0 Å². The van der Waals surface area contributed by atoms with Gasteiger partial charge in [-0.3, -0.25) is 4.79 Å². The number of carbonyl (C=O) groups excluding carboxylic acids is 1. The van der Waals surface area contributed by atoms with Gasteiger partial charge in [0.1, 0.15) is 5.82 Å². The molecule has 5 heteroatoms. The Morgan fingerprint density at radius 1 is 1.25 bits per heavy atom. The van der Waals surface area contributed by atoms with Crippen molar-refractivity contribution < 1.29 is 4.79 Å². The zero-order valence-electron chi connectivity index (χ0n) is 14.1. The summed E-state index contributed by atoms with van der Waals surface area (Å²) in [6.07, 6.45) is 8.29. The molecule has 4 nitrogen and oxygen atoms in total. The molecule has 0 saturated carbocycles. The van der Waals surface area contributed by atoms with E-state index in [0.717, 1.165) is 49.6 Å². The summed E-state index contributed by atoms with van der Waals surface area (Å²) in [4.78, 5) is 18.9. The van der Waals surface area contributed by atoms with Crippen molar-refractivity contribution >= 4 is 17.5 Å². The number of aryl methyl sites for hydroxylation is 2. The first-order chi connectivity index (χ1) is 11.6. The Balaban J connectivity index is 1.42. The number of benzene rings is 1. The Kier molecular flexibility index (Phi) is 5.56. The lowest BCUT2D eigenvalue weighted by Crippen LogP contribution is -2.38. The number of hydrogen-bond acceptors (Lipinski definition) is 2. The van der Waals surface area contributed by atoms with E-state index in [0.29, 0.717) is 12.3 Å². The summed E-state index contributed by atoms with van der Waals surface area (Å²) in [7, 11) is 2.04. The van der Waals surface area contributed by atoms with Crippen molar-refractivity contribution in [1.82, 2.24) is 14.5 Å². The largest absolute Gasteiger partial charge is 0.343 e. The van der Waals surface area contributed by atoms with Crippen LogP contribution in [0.4, 0.5) is 0 Å². The van der Waals surface area contributed by atoms with Crippen molar-refractivity contribution in [2.75, 3.05) is 13.1 Å². The normalized spacial score (nSPS) is 15.7. The zero-order chi connectivity index (χ0) is 16.9. The maximum Gasteiger partial charge on any atom is 0.222 e. The van der Waals surface area contributed by atoms with E-state index >= 15 is 0 Å². The lowest BCUT2D eigenvalue weighted by atomic mass is 9.95. The molecule has 1 aromatic carbocycles. The van der Waals surface area contributed by atoms with Crippen molar-refractivity contribution in [3.63, 3.8) is 0 Å². The summed E-state index contributed by atoms with van der Waals surface area (Å²) in [5, 5.41) is 0.755. The van der Waals surface area contributed by atoms with Crippen LogP contribution in [0.2, 0.25) is 5.02 Å². The molecule has 1 saturated heterocycles. The molecule has 0 unspecified atom stereocenters. The third-order valence-corrected chi connectivity index (χ3v) is 5.09. The van der Waals surface area contributed by atoms with E-state index in [4.69, 9.17) is 11.6 Å². The Bertz CT molecular complexity index is 672. The molecule has 128 valence electrons. The number of rotatable bonds is 5. The summed E-state index contributed by atoms with van der Waals surface area (Å²) >= 11 is 5.89. The summed E-state index contributed by atoms with van der Waals surface area (Å²) in [6.45, 7) is 1.69. The van der Waals surface area contributed by atoms with Gasteiger partial charge in [0.2, 0.25) is 5.91 Å². The van der Waals surface area contributed by atoms with Crippen LogP contribution < -0.4 is 0 Å². The van der Waals surface area contributed by atoms with E-state index in [1.807, 2.05) is 48.6 Å². The second kappa shape index (κ2) is 7.84. The van der Waals surface area contributed by atoms with Crippen LogP contribution in [0, 0.1) is 0 Å². The molecular weight excluding hydrogens is 322 g/mol. The van der Waals surface area contributed by atoms with Crippen LogP contribution in [0.1, 0.15) is 43.0 Å². The monoisotopic (exact) mass is 345 g/mol. The topological polar surface area (TPSA) is 38.1 Å². The van der Waals surface area contributed by atoms with Gasteiger partial charge in [0, 0.05) is 49.9 Å². The minimum Gasteiger partial charge on any atom is -0.343 e. The van der Waals surface area contributed by atoms with Crippen LogP contribution in [-0.4, -0.2) is 33.4 Å². The molecule has 0 spiro atoms. The van der Waals surface area contributed by atoms with Gasteiger partial charge in [-0.15, -0.1) is 0 Å². The van der Waals surface area contributed by atoms with Gasteiger partial charge in [0.15, 0.2) is 0 Å². The first-order valence-corrected chi connectivity index (χ1v) is 9.00. The van der Waals surface area contributed by atoms with Crippen molar-refractivity contribution in [1.29, 1.82) is 0 Å². The molecule has 0 bridgehead atoms. The molecule has 1 fully saturated rings. The maximum absolute atomic E-state index is 12.4. The highest BCUT2D eigenvalue weighted by molar-refractivity contribution is 6.30. The summed E-state index contributed by atoms with van der Waals surface area (Å²) < 4.78 is 2.09. The second-order valence-electron chi connectivity index (χ2n) is 6.53. The van der Waals surface area contributed by atoms with Crippen molar-refractivity contribution in [2.45, 2.75) is 38.0 Å². The predicted octanol–water partition coefficient (Wildman–Crippen LogP) is 3.80. The molecule has 3 rings (SSSR count). The quantitative estimate of drug-likeness (QED) is 0.826. The van der Waals surface area contributed by atoms with Gasteiger partial charge in [-0.1, -0.05) is 23.7 Å². The molecule has 0 atom stereocenters. The Labute approximate surface area is 148 Å². The highest BCUT2D eigenvalue weighted by atomic mass is 35.5. The molecule has 0 N–H and O–H groups in total. The van der Waals surface area contributed by atoms with Gasteiger partial charge in [-0.05, 0) is 43.4 Å². The lowest BCUT2D eigenvalue weighted by molar-refractivity contribution is -0.132. The van der Waals surface area contributed by atoms with E-state index in [-0.39, 0.29) is 5.91 Å². The fourth-order valence-electron chi connectivity index (χ4n) is 3.41. The van der Waals surface area contributed by atoms with Crippen LogP contribution in [0.5, 0.6) is 0 Å². The minimum absolute atomic E-state index is 0.280. The molecule has 1 aliphatic heterocycles. The Morgan fingerprint density at radius 3 is 2.58 bits per heavy atom. The van der Waals surface area contributed by atoms with E-state index in [1.54, 1.807) is 0 Å². The van der Waals surface area contributed by atoms with Crippen LogP contribution in [0.15, 0.2) is 36.7 Å². The number of carbonyl (C=O) groups is 1. The number of hydrogen-bond donors (Lipinski definition) is 0. The Morgan fingerprint density at radius 2 is 1.96 bits per heavy atom. The van der Waals surface area contributed by atoms with Crippen LogP contribution in [-0.2, 0) is 18.3 Å². The molecule has 0 aliphatic carbocycles. The highest BCUT2D eigenvalue weighted by Gasteiger charge is 2.25. The predicted molar refractivity (Wildman–Crippen MR) is 96.2 cm³/mol. The van der Waals surface area contributed by atoms with E-state index in [1.165, 1.54) is 5.56 Å². The van der Waals surface area contributed by atoms with Gasteiger partial charge >= 0.3 is 0 Å². The average Bonchev–Trinajstić information content (AvgIpc) is 3.03. The van der Waals surface area contributed by atoms with Crippen molar-refractivity contribution in [3.8, 4) is 0 Å². The number of piperidine rings is 1.